The maximum atomic E-state index is 4.49. The molecule has 0 spiro atoms. The Labute approximate surface area is 115 Å². The Bertz CT molecular complexity index is 519. The van der Waals surface area contributed by atoms with Crippen LogP contribution in [-0.4, -0.2) is 36.1 Å². The molecule has 1 aromatic carbocycles. The van der Waals surface area contributed by atoms with Crippen LogP contribution in [0.2, 0.25) is 0 Å². The van der Waals surface area contributed by atoms with Crippen molar-refractivity contribution in [2.45, 2.75) is 26.4 Å². The highest BCUT2D eigenvalue weighted by Crippen LogP contribution is 2.15. The fourth-order valence-electron chi connectivity index (χ4n) is 2.26. The molecule has 102 valence electrons. The van der Waals surface area contributed by atoms with Crippen LogP contribution in [0.15, 0.2) is 36.5 Å². The number of hydrogen-bond donors (Lipinski definition) is 1. The molecule has 0 aliphatic heterocycles. The van der Waals surface area contributed by atoms with E-state index in [1.54, 1.807) is 0 Å². The van der Waals surface area contributed by atoms with E-state index in [2.05, 4.69) is 60.4 Å². The maximum absolute atomic E-state index is 4.49. The van der Waals surface area contributed by atoms with E-state index < -0.39 is 0 Å². The second-order valence-corrected chi connectivity index (χ2v) is 5.13. The molecule has 2 aromatic rings. The first kappa shape index (κ1) is 14.0. The van der Waals surface area contributed by atoms with Crippen molar-refractivity contribution in [1.82, 2.24) is 15.2 Å². The number of benzene rings is 1. The average Bonchev–Trinajstić information content (AvgIpc) is 2.44. The maximum Gasteiger partial charge on any atom is 0.0746 e. The van der Waals surface area contributed by atoms with Crippen molar-refractivity contribution >= 4 is 10.9 Å². The molecular formula is C16H23N3. The zero-order valence-corrected chi connectivity index (χ0v) is 12.1. The van der Waals surface area contributed by atoms with E-state index in [9.17, 15) is 0 Å². The van der Waals surface area contributed by atoms with Gasteiger partial charge in [0.2, 0.25) is 0 Å². The third kappa shape index (κ3) is 3.75. The third-order valence-corrected chi connectivity index (χ3v) is 3.48. The summed E-state index contributed by atoms with van der Waals surface area (Å²) in [5, 5.41) is 4.78. The van der Waals surface area contributed by atoms with E-state index in [1.165, 1.54) is 10.9 Å². The van der Waals surface area contributed by atoms with Crippen molar-refractivity contribution in [1.29, 1.82) is 0 Å². The molecule has 19 heavy (non-hydrogen) atoms. The molecule has 0 fully saturated rings. The third-order valence-electron chi connectivity index (χ3n) is 3.48. The summed E-state index contributed by atoms with van der Waals surface area (Å²) < 4.78 is 0. The Hall–Kier alpha value is -1.45. The number of rotatable bonds is 6. The van der Waals surface area contributed by atoms with Gasteiger partial charge >= 0.3 is 0 Å². The molecular weight excluding hydrogens is 234 g/mol. The van der Waals surface area contributed by atoms with Gasteiger partial charge in [-0.3, -0.25) is 4.98 Å². The lowest BCUT2D eigenvalue weighted by molar-refractivity contribution is 0.309. The molecule has 1 atom stereocenters. The van der Waals surface area contributed by atoms with E-state index in [0.29, 0.717) is 6.04 Å². The lowest BCUT2D eigenvalue weighted by atomic mass is 10.1. The zero-order chi connectivity index (χ0) is 13.7. The van der Waals surface area contributed by atoms with Gasteiger partial charge in [0.15, 0.2) is 0 Å². The van der Waals surface area contributed by atoms with Crippen LogP contribution in [-0.2, 0) is 6.54 Å². The van der Waals surface area contributed by atoms with Gasteiger partial charge in [0.05, 0.1) is 5.52 Å². The molecule has 0 radical (unpaired) electrons. The number of para-hydroxylation sites is 1. The number of aromatic nitrogens is 1. The minimum atomic E-state index is 0.476. The molecule has 0 aliphatic carbocycles. The minimum Gasteiger partial charge on any atom is -0.309 e. The van der Waals surface area contributed by atoms with Crippen molar-refractivity contribution in [2.75, 3.05) is 20.1 Å². The highest BCUT2D eigenvalue weighted by atomic mass is 15.1. The molecule has 1 unspecified atom stereocenters. The second-order valence-electron chi connectivity index (χ2n) is 5.13. The fraction of sp³-hybridized carbons (Fsp3) is 0.438. The van der Waals surface area contributed by atoms with Crippen LogP contribution in [0.25, 0.3) is 10.9 Å². The number of nitrogens with zero attached hydrogens (tertiary/aromatic N) is 2. The summed E-state index contributed by atoms with van der Waals surface area (Å²) in [4.78, 5) is 6.80. The highest BCUT2D eigenvalue weighted by molar-refractivity contribution is 5.81. The second kappa shape index (κ2) is 6.64. The van der Waals surface area contributed by atoms with Gasteiger partial charge in [-0.05, 0) is 32.1 Å². The van der Waals surface area contributed by atoms with Crippen molar-refractivity contribution in [3.63, 3.8) is 0 Å². The van der Waals surface area contributed by atoms with Crippen LogP contribution in [0, 0.1) is 0 Å². The summed E-state index contributed by atoms with van der Waals surface area (Å²) in [6, 6.07) is 10.9. The van der Waals surface area contributed by atoms with Crippen molar-refractivity contribution < 1.29 is 0 Å². The predicted molar refractivity (Wildman–Crippen MR) is 81.2 cm³/mol. The van der Waals surface area contributed by atoms with E-state index in [1.807, 2.05) is 12.3 Å². The highest BCUT2D eigenvalue weighted by Gasteiger charge is 2.06. The van der Waals surface area contributed by atoms with Crippen molar-refractivity contribution in [3.8, 4) is 0 Å². The minimum absolute atomic E-state index is 0.476. The van der Waals surface area contributed by atoms with E-state index in [-0.39, 0.29) is 0 Å². The van der Waals surface area contributed by atoms with Crippen molar-refractivity contribution in [2.24, 2.45) is 0 Å². The normalized spacial score (nSPS) is 13.1. The van der Waals surface area contributed by atoms with Gasteiger partial charge in [0.25, 0.3) is 0 Å². The molecule has 1 aromatic heterocycles. The number of hydrogen-bond acceptors (Lipinski definition) is 3. The number of pyridine rings is 1. The molecule has 0 saturated carbocycles. The van der Waals surface area contributed by atoms with Crippen LogP contribution in [0.3, 0.4) is 0 Å². The Kier molecular flexibility index (Phi) is 4.88. The van der Waals surface area contributed by atoms with Gasteiger partial charge < -0.3 is 10.2 Å². The summed E-state index contributed by atoms with van der Waals surface area (Å²) in [6.45, 7) is 7.43. The molecule has 3 nitrogen and oxygen atoms in total. The van der Waals surface area contributed by atoms with Gasteiger partial charge in [-0.2, -0.15) is 0 Å². The fourth-order valence-corrected chi connectivity index (χ4v) is 2.26. The Morgan fingerprint density at radius 3 is 2.84 bits per heavy atom. The molecule has 0 saturated heterocycles. The molecule has 0 amide bonds. The molecule has 1 heterocycles. The number of fused-ring (bicyclic) bond motifs is 1. The van der Waals surface area contributed by atoms with E-state index in [0.717, 1.165) is 25.2 Å². The number of nitrogens with one attached hydrogen (secondary N) is 1. The lowest BCUT2D eigenvalue weighted by Gasteiger charge is -2.21. The topological polar surface area (TPSA) is 28.2 Å². The summed E-state index contributed by atoms with van der Waals surface area (Å²) in [7, 11) is 2.15. The van der Waals surface area contributed by atoms with E-state index >= 15 is 0 Å². The van der Waals surface area contributed by atoms with Crippen molar-refractivity contribution in [3.05, 3.63) is 42.1 Å². The van der Waals surface area contributed by atoms with Crippen LogP contribution in [0.5, 0.6) is 0 Å². The van der Waals surface area contributed by atoms with Crippen LogP contribution < -0.4 is 5.32 Å². The average molecular weight is 257 g/mol. The van der Waals surface area contributed by atoms with Gasteiger partial charge in [-0.25, -0.2) is 0 Å². The summed E-state index contributed by atoms with van der Waals surface area (Å²) in [5.74, 6) is 0. The van der Waals surface area contributed by atoms with Crippen LogP contribution in [0.4, 0.5) is 0 Å². The molecule has 0 aliphatic rings. The monoisotopic (exact) mass is 257 g/mol. The largest absolute Gasteiger partial charge is 0.309 e. The Balaban J connectivity index is 2.02. The quantitative estimate of drug-likeness (QED) is 0.862. The Morgan fingerprint density at radius 2 is 2.05 bits per heavy atom. The molecule has 1 N–H and O–H groups in total. The molecule has 2 rings (SSSR count). The van der Waals surface area contributed by atoms with Crippen LogP contribution >= 0.6 is 0 Å². The first-order valence-electron chi connectivity index (χ1n) is 6.95. The lowest BCUT2D eigenvalue weighted by Crippen LogP contribution is -2.36. The van der Waals surface area contributed by atoms with E-state index in [4.69, 9.17) is 0 Å². The first-order chi connectivity index (χ1) is 9.20. The van der Waals surface area contributed by atoms with Gasteiger partial charge in [-0.1, -0.05) is 31.2 Å². The molecule has 3 heteroatoms. The first-order valence-corrected chi connectivity index (χ1v) is 6.95. The zero-order valence-electron chi connectivity index (χ0n) is 12.1. The van der Waals surface area contributed by atoms with Gasteiger partial charge in [0, 0.05) is 30.7 Å². The summed E-state index contributed by atoms with van der Waals surface area (Å²) in [5.41, 5.74) is 2.37. The number of likely N-dealkylation sites (N-methyl/N-ethyl adjacent to an activating group) is 1. The standard InChI is InChI=1S/C16H23N3/c1-4-19(3)12-13(2)18-11-15-8-5-7-14-9-6-10-17-16(14)15/h5-10,13,18H,4,11-12H2,1-3H3. The van der Waals surface area contributed by atoms with Gasteiger partial charge in [-0.15, -0.1) is 0 Å². The van der Waals surface area contributed by atoms with Crippen LogP contribution in [0.1, 0.15) is 19.4 Å². The SMILES string of the molecule is CCN(C)CC(C)NCc1cccc2cccnc12. The Morgan fingerprint density at radius 1 is 1.26 bits per heavy atom. The summed E-state index contributed by atoms with van der Waals surface area (Å²) in [6.07, 6.45) is 1.86. The predicted octanol–water partition coefficient (Wildman–Crippen LogP) is 2.66. The molecule has 0 bridgehead atoms. The summed E-state index contributed by atoms with van der Waals surface area (Å²) >= 11 is 0. The van der Waals surface area contributed by atoms with Gasteiger partial charge in [0.1, 0.15) is 0 Å². The smallest absolute Gasteiger partial charge is 0.0746 e.